The van der Waals surface area contributed by atoms with Gasteiger partial charge in [-0.2, -0.15) is 4.52 Å². The van der Waals surface area contributed by atoms with E-state index in [0.29, 0.717) is 20.9 Å². The first-order chi connectivity index (χ1) is 11.2. The van der Waals surface area contributed by atoms with Crippen LogP contribution in [0.25, 0.3) is 4.96 Å². The fourth-order valence-corrected chi connectivity index (χ4v) is 2.91. The van der Waals surface area contributed by atoms with Gasteiger partial charge in [0.15, 0.2) is 12.4 Å². The van der Waals surface area contributed by atoms with Crippen molar-refractivity contribution >= 4 is 38.9 Å². The normalized spacial score (nSPS) is 10.9. The van der Waals surface area contributed by atoms with Crippen molar-refractivity contribution in [3.05, 3.63) is 35.1 Å². The van der Waals surface area contributed by atoms with Crippen LogP contribution in [0.15, 0.2) is 24.3 Å². The lowest BCUT2D eigenvalue weighted by Crippen LogP contribution is -2.20. The second-order valence-electron chi connectivity index (χ2n) is 4.74. The minimum Gasteiger partial charge on any atom is -0.482 e. The van der Waals surface area contributed by atoms with Gasteiger partial charge in [-0.3, -0.25) is 10.1 Å². The fourth-order valence-electron chi connectivity index (χ4n) is 1.95. The molecule has 0 spiro atoms. The van der Waals surface area contributed by atoms with E-state index >= 15 is 0 Å². The summed E-state index contributed by atoms with van der Waals surface area (Å²) in [4.78, 5) is 12.6. The van der Waals surface area contributed by atoms with E-state index in [2.05, 4.69) is 27.5 Å². The van der Waals surface area contributed by atoms with Crippen molar-refractivity contribution in [2.45, 2.75) is 19.8 Å². The van der Waals surface area contributed by atoms with E-state index in [0.717, 1.165) is 18.7 Å². The molecule has 0 aliphatic carbocycles. The number of rotatable bonds is 6. The van der Waals surface area contributed by atoms with E-state index in [-0.39, 0.29) is 12.5 Å². The summed E-state index contributed by atoms with van der Waals surface area (Å²) in [5, 5.41) is 16.0. The van der Waals surface area contributed by atoms with Crippen LogP contribution in [0, 0.1) is 0 Å². The van der Waals surface area contributed by atoms with Crippen molar-refractivity contribution < 1.29 is 9.53 Å². The second-order valence-corrected chi connectivity index (χ2v) is 6.10. The molecule has 0 aliphatic heterocycles. The molecule has 3 rings (SSSR count). The van der Waals surface area contributed by atoms with E-state index in [1.807, 2.05) is 0 Å². The highest BCUT2D eigenvalue weighted by molar-refractivity contribution is 7.20. The predicted molar refractivity (Wildman–Crippen MR) is 88.2 cm³/mol. The van der Waals surface area contributed by atoms with Gasteiger partial charge in [-0.1, -0.05) is 42.0 Å². The Morgan fingerprint density at radius 1 is 1.39 bits per heavy atom. The molecule has 0 atom stereocenters. The zero-order valence-electron chi connectivity index (χ0n) is 12.3. The summed E-state index contributed by atoms with van der Waals surface area (Å²) >= 11 is 7.23. The van der Waals surface area contributed by atoms with Gasteiger partial charge in [0.05, 0.1) is 5.02 Å². The first kappa shape index (κ1) is 15.7. The fraction of sp³-hybridized carbons (Fsp3) is 0.286. The van der Waals surface area contributed by atoms with Crippen LogP contribution in [0.4, 0.5) is 5.13 Å². The molecule has 1 aromatic carbocycles. The molecule has 9 heteroatoms. The maximum Gasteiger partial charge on any atom is 0.264 e. The number of halogens is 1. The molecule has 0 aliphatic rings. The number of benzene rings is 1. The molecule has 0 radical (unpaired) electrons. The van der Waals surface area contributed by atoms with E-state index in [4.69, 9.17) is 16.3 Å². The van der Waals surface area contributed by atoms with Gasteiger partial charge in [-0.25, -0.2) is 0 Å². The number of hydrogen-bond donors (Lipinski definition) is 1. The lowest BCUT2D eigenvalue weighted by atomic mass is 10.3. The molecule has 1 amide bonds. The number of anilines is 1. The average Bonchev–Trinajstić information content (AvgIpc) is 3.08. The highest BCUT2D eigenvalue weighted by Gasteiger charge is 2.13. The largest absolute Gasteiger partial charge is 0.482 e. The van der Waals surface area contributed by atoms with Crippen LogP contribution in [-0.4, -0.2) is 32.3 Å². The Bertz CT molecular complexity index is 832. The quantitative estimate of drug-likeness (QED) is 0.738. The molecule has 120 valence electrons. The zero-order chi connectivity index (χ0) is 16.2. The van der Waals surface area contributed by atoms with Crippen LogP contribution in [0.5, 0.6) is 5.75 Å². The van der Waals surface area contributed by atoms with E-state index in [1.165, 1.54) is 11.3 Å². The molecule has 0 unspecified atom stereocenters. The SMILES string of the molecule is CCCc1nnc2sc(NC(=O)COc3ccccc3Cl)nn12. The predicted octanol–water partition coefficient (Wildman–Crippen LogP) is 2.81. The van der Waals surface area contributed by atoms with Crippen molar-refractivity contribution in [1.82, 2.24) is 19.8 Å². The summed E-state index contributed by atoms with van der Waals surface area (Å²) in [6.45, 7) is 1.91. The number of hydrogen-bond acceptors (Lipinski definition) is 6. The van der Waals surface area contributed by atoms with Gasteiger partial charge in [0.2, 0.25) is 10.1 Å². The number of carbonyl (C=O) groups is 1. The summed E-state index contributed by atoms with van der Waals surface area (Å²) in [6, 6.07) is 6.99. The first-order valence-electron chi connectivity index (χ1n) is 7.05. The number of carbonyl (C=O) groups excluding carboxylic acids is 1. The molecule has 3 aromatic rings. The number of para-hydroxylation sites is 1. The van der Waals surface area contributed by atoms with Gasteiger partial charge in [-0.15, -0.1) is 15.3 Å². The second kappa shape index (κ2) is 6.93. The third-order valence-corrected chi connectivity index (χ3v) is 4.10. The van der Waals surface area contributed by atoms with Crippen LogP contribution < -0.4 is 10.1 Å². The summed E-state index contributed by atoms with van der Waals surface area (Å²) < 4.78 is 7.04. The Morgan fingerprint density at radius 2 is 2.22 bits per heavy atom. The molecule has 7 nitrogen and oxygen atoms in total. The molecule has 0 fully saturated rings. The molecular formula is C14H14ClN5O2S. The standard InChI is InChI=1S/C14H14ClN5O2S/c1-2-5-11-17-18-14-20(11)19-13(23-14)16-12(21)8-22-10-7-4-3-6-9(10)15/h3-4,6-7H,2,5,8H2,1H3,(H,16,19,21). The van der Waals surface area contributed by atoms with E-state index in [9.17, 15) is 4.79 Å². The molecule has 2 aromatic heterocycles. The highest BCUT2D eigenvalue weighted by atomic mass is 35.5. The number of nitrogens with zero attached hydrogens (tertiary/aromatic N) is 4. The van der Waals surface area contributed by atoms with Crippen LogP contribution in [-0.2, 0) is 11.2 Å². The van der Waals surface area contributed by atoms with Gasteiger partial charge in [0.25, 0.3) is 5.91 Å². The number of nitrogens with one attached hydrogen (secondary N) is 1. The molecule has 0 saturated heterocycles. The monoisotopic (exact) mass is 351 g/mol. The van der Waals surface area contributed by atoms with E-state index < -0.39 is 0 Å². The molecule has 23 heavy (non-hydrogen) atoms. The smallest absolute Gasteiger partial charge is 0.264 e. The van der Waals surface area contributed by atoms with Crippen LogP contribution >= 0.6 is 22.9 Å². The Hall–Kier alpha value is -2.19. The van der Waals surface area contributed by atoms with Crippen LogP contribution in [0.2, 0.25) is 5.02 Å². The third-order valence-electron chi connectivity index (χ3n) is 2.97. The van der Waals surface area contributed by atoms with Gasteiger partial charge >= 0.3 is 0 Å². The zero-order valence-corrected chi connectivity index (χ0v) is 13.9. The van der Waals surface area contributed by atoms with Gasteiger partial charge in [0.1, 0.15) is 5.75 Å². The number of fused-ring (bicyclic) bond motifs is 1. The van der Waals surface area contributed by atoms with Gasteiger partial charge < -0.3 is 4.74 Å². The minimum atomic E-state index is -0.313. The number of aryl methyl sites for hydroxylation is 1. The van der Waals surface area contributed by atoms with Crippen molar-refractivity contribution in [3.63, 3.8) is 0 Å². The summed E-state index contributed by atoms with van der Waals surface area (Å²) in [5.74, 6) is 0.936. The minimum absolute atomic E-state index is 0.147. The molecule has 1 N–H and O–H groups in total. The Morgan fingerprint density at radius 3 is 3.00 bits per heavy atom. The van der Waals surface area contributed by atoms with Crippen molar-refractivity contribution in [2.24, 2.45) is 0 Å². The summed E-state index contributed by atoms with van der Waals surface area (Å²) in [5.41, 5.74) is 0. The lowest BCUT2D eigenvalue weighted by Gasteiger charge is -2.06. The highest BCUT2D eigenvalue weighted by Crippen LogP contribution is 2.23. The summed E-state index contributed by atoms with van der Waals surface area (Å²) in [7, 11) is 0. The topological polar surface area (TPSA) is 81.4 Å². The van der Waals surface area contributed by atoms with Crippen LogP contribution in [0.3, 0.4) is 0 Å². The maximum atomic E-state index is 11.9. The molecule has 2 heterocycles. The van der Waals surface area contributed by atoms with Crippen molar-refractivity contribution in [2.75, 3.05) is 11.9 Å². The maximum absolute atomic E-state index is 11.9. The van der Waals surface area contributed by atoms with Crippen molar-refractivity contribution in [3.8, 4) is 5.75 Å². The Labute approximate surface area is 141 Å². The number of ether oxygens (including phenoxy) is 1. The number of aromatic nitrogens is 4. The van der Waals surface area contributed by atoms with Gasteiger partial charge in [-0.05, 0) is 18.6 Å². The van der Waals surface area contributed by atoms with Crippen molar-refractivity contribution in [1.29, 1.82) is 0 Å². The number of amides is 1. The van der Waals surface area contributed by atoms with Gasteiger partial charge in [0, 0.05) is 6.42 Å². The first-order valence-corrected chi connectivity index (χ1v) is 8.25. The Balaban J connectivity index is 1.62. The average molecular weight is 352 g/mol. The summed E-state index contributed by atoms with van der Waals surface area (Å²) in [6.07, 6.45) is 1.74. The molecule has 0 saturated carbocycles. The van der Waals surface area contributed by atoms with Crippen LogP contribution in [0.1, 0.15) is 19.2 Å². The molecular weight excluding hydrogens is 338 g/mol. The third kappa shape index (κ3) is 3.59. The van der Waals surface area contributed by atoms with E-state index in [1.54, 1.807) is 28.8 Å². The molecule has 0 bridgehead atoms. The Kier molecular flexibility index (Phi) is 4.73. The lowest BCUT2D eigenvalue weighted by molar-refractivity contribution is -0.118.